The van der Waals surface area contributed by atoms with Gasteiger partial charge in [-0.05, 0) is 25.5 Å². The van der Waals surface area contributed by atoms with Crippen LogP contribution in [0, 0.1) is 12.8 Å². The fourth-order valence-corrected chi connectivity index (χ4v) is 3.44. The summed E-state index contributed by atoms with van der Waals surface area (Å²) in [7, 11) is 0. The molecule has 1 aromatic carbocycles. The second-order valence-electron chi connectivity index (χ2n) is 6.89. The molecule has 3 nitrogen and oxygen atoms in total. The van der Waals surface area contributed by atoms with Crippen molar-refractivity contribution in [1.29, 1.82) is 0 Å². The maximum absolute atomic E-state index is 13.2. The van der Waals surface area contributed by atoms with Crippen molar-refractivity contribution in [2.24, 2.45) is 5.92 Å². The van der Waals surface area contributed by atoms with E-state index in [9.17, 15) is 13.6 Å². The predicted octanol–water partition coefficient (Wildman–Crippen LogP) is 3.07. The van der Waals surface area contributed by atoms with E-state index in [-0.39, 0.29) is 37.8 Å². The van der Waals surface area contributed by atoms with Crippen molar-refractivity contribution >= 4 is 5.91 Å². The summed E-state index contributed by atoms with van der Waals surface area (Å²) in [6.07, 6.45) is 0.439. The third kappa shape index (κ3) is 4.08. The lowest BCUT2D eigenvalue weighted by molar-refractivity contribution is -0.141. The molecule has 2 aliphatic rings. The number of aryl methyl sites for hydroxylation is 1. The van der Waals surface area contributed by atoms with Crippen LogP contribution in [0.25, 0.3) is 0 Å². The number of carbonyl (C=O) groups is 1. The standard InChI is InChI=1S/C18H24F2N2O/c1-14-2-4-15(5-3-14)12-21-9-6-16(13-21)17(23)22-10-7-18(19,20)8-11-22/h2-5,16H,6-13H2,1H3. The largest absolute Gasteiger partial charge is 0.342 e. The van der Waals surface area contributed by atoms with Crippen molar-refractivity contribution < 1.29 is 13.6 Å². The van der Waals surface area contributed by atoms with Crippen molar-refractivity contribution in [3.8, 4) is 0 Å². The molecular weight excluding hydrogens is 298 g/mol. The van der Waals surface area contributed by atoms with Crippen LogP contribution in [0.15, 0.2) is 24.3 Å². The zero-order valence-electron chi connectivity index (χ0n) is 13.6. The van der Waals surface area contributed by atoms with Crippen LogP contribution in [0.2, 0.25) is 0 Å². The van der Waals surface area contributed by atoms with Gasteiger partial charge in [-0.15, -0.1) is 0 Å². The molecule has 2 heterocycles. The average molecular weight is 322 g/mol. The van der Waals surface area contributed by atoms with E-state index in [1.165, 1.54) is 11.1 Å². The summed E-state index contributed by atoms with van der Waals surface area (Å²) < 4.78 is 26.4. The highest BCUT2D eigenvalue weighted by molar-refractivity contribution is 5.79. The van der Waals surface area contributed by atoms with E-state index in [1.54, 1.807) is 4.90 Å². The SMILES string of the molecule is Cc1ccc(CN2CCC(C(=O)N3CCC(F)(F)CC3)C2)cc1. The average Bonchev–Trinajstić information content (AvgIpc) is 2.97. The normalized spacial score (nSPS) is 24.8. The lowest BCUT2D eigenvalue weighted by Gasteiger charge is -2.33. The summed E-state index contributed by atoms with van der Waals surface area (Å²) in [6.45, 7) is 4.94. The predicted molar refractivity (Wildman–Crippen MR) is 85.3 cm³/mol. The van der Waals surface area contributed by atoms with E-state index in [4.69, 9.17) is 0 Å². The monoisotopic (exact) mass is 322 g/mol. The van der Waals surface area contributed by atoms with E-state index < -0.39 is 5.92 Å². The molecule has 0 radical (unpaired) electrons. The highest BCUT2D eigenvalue weighted by atomic mass is 19.3. The molecule has 1 atom stereocenters. The number of hydrogen-bond donors (Lipinski definition) is 0. The Labute approximate surface area is 136 Å². The number of piperidine rings is 1. The number of alkyl halides is 2. The van der Waals surface area contributed by atoms with Gasteiger partial charge < -0.3 is 4.90 Å². The molecule has 1 aromatic rings. The number of hydrogen-bond acceptors (Lipinski definition) is 2. The topological polar surface area (TPSA) is 23.6 Å². The fourth-order valence-electron chi connectivity index (χ4n) is 3.44. The number of benzene rings is 1. The van der Waals surface area contributed by atoms with Gasteiger partial charge in [-0.25, -0.2) is 8.78 Å². The fraction of sp³-hybridized carbons (Fsp3) is 0.611. The van der Waals surface area contributed by atoms with Crippen LogP contribution >= 0.6 is 0 Å². The zero-order valence-corrected chi connectivity index (χ0v) is 13.6. The Morgan fingerprint density at radius 2 is 1.83 bits per heavy atom. The second-order valence-corrected chi connectivity index (χ2v) is 6.89. The first kappa shape index (κ1) is 16.4. The Morgan fingerprint density at radius 3 is 2.48 bits per heavy atom. The van der Waals surface area contributed by atoms with Crippen molar-refractivity contribution in [2.45, 2.75) is 38.7 Å². The molecule has 23 heavy (non-hydrogen) atoms. The summed E-state index contributed by atoms with van der Waals surface area (Å²) in [6, 6.07) is 8.44. The first-order valence-electron chi connectivity index (χ1n) is 8.37. The van der Waals surface area contributed by atoms with E-state index in [1.807, 2.05) is 0 Å². The maximum Gasteiger partial charge on any atom is 0.251 e. The minimum atomic E-state index is -2.59. The lowest BCUT2D eigenvalue weighted by atomic mass is 10.0. The molecule has 5 heteroatoms. The van der Waals surface area contributed by atoms with Crippen LogP contribution in [-0.2, 0) is 11.3 Å². The van der Waals surface area contributed by atoms with E-state index in [0.29, 0.717) is 0 Å². The minimum absolute atomic E-state index is 0.0350. The first-order chi connectivity index (χ1) is 10.9. The third-order valence-electron chi connectivity index (χ3n) is 4.96. The van der Waals surface area contributed by atoms with E-state index in [0.717, 1.165) is 26.1 Å². The van der Waals surface area contributed by atoms with Crippen LogP contribution in [0.5, 0.6) is 0 Å². The van der Waals surface area contributed by atoms with Gasteiger partial charge in [0.15, 0.2) is 0 Å². The Balaban J connectivity index is 1.51. The van der Waals surface area contributed by atoms with Crippen molar-refractivity contribution in [2.75, 3.05) is 26.2 Å². The van der Waals surface area contributed by atoms with Crippen LogP contribution < -0.4 is 0 Å². The van der Waals surface area contributed by atoms with Gasteiger partial charge in [0.05, 0.1) is 5.92 Å². The summed E-state index contributed by atoms with van der Waals surface area (Å²) in [4.78, 5) is 16.4. The van der Waals surface area contributed by atoms with Gasteiger partial charge >= 0.3 is 0 Å². The molecule has 3 rings (SSSR count). The Bertz CT molecular complexity index is 549. The first-order valence-corrected chi connectivity index (χ1v) is 8.37. The molecule has 2 aliphatic heterocycles. The Morgan fingerprint density at radius 1 is 1.17 bits per heavy atom. The summed E-state index contributed by atoms with van der Waals surface area (Å²) >= 11 is 0. The van der Waals surface area contributed by atoms with Gasteiger partial charge in [0, 0.05) is 39.0 Å². The number of halogens is 2. The molecule has 0 aromatic heterocycles. The van der Waals surface area contributed by atoms with Crippen LogP contribution in [0.4, 0.5) is 8.78 Å². The van der Waals surface area contributed by atoms with E-state index >= 15 is 0 Å². The molecule has 0 spiro atoms. The molecule has 1 unspecified atom stereocenters. The highest BCUT2D eigenvalue weighted by Crippen LogP contribution is 2.29. The lowest BCUT2D eigenvalue weighted by Crippen LogP contribution is -2.45. The van der Waals surface area contributed by atoms with Gasteiger partial charge in [0.25, 0.3) is 5.92 Å². The smallest absolute Gasteiger partial charge is 0.251 e. The Hall–Kier alpha value is -1.49. The van der Waals surface area contributed by atoms with Crippen LogP contribution in [0.1, 0.15) is 30.4 Å². The van der Waals surface area contributed by atoms with Gasteiger partial charge in [0.1, 0.15) is 0 Å². The quantitative estimate of drug-likeness (QED) is 0.854. The van der Waals surface area contributed by atoms with Gasteiger partial charge in [-0.1, -0.05) is 29.8 Å². The number of nitrogens with zero attached hydrogens (tertiary/aromatic N) is 2. The molecule has 0 saturated carbocycles. The van der Waals surface area contributed by atoms with Crippen molar-refractivity contribution in [3.05, 3.63) is 35.4 Å². The zero-order chi connectivity index (χ0) is 16.4. The number of rotatable bonds is 3. The molecule has 2 saturated heterocycles. The molecular formula is C18H24F2N2O. The minimum Gasteiger partial charge on any atom is -0.342 e. The van der Waals surface area contributed by atoms with Crippen molar-refractivity contribution in [1.82, 2.24) is 9.80 Å². The van der Waals surface area contributed by atoms with E-state index in [2.05, 4.69) is 36.1 Å². The molecule has 0 N–H and O–H groups in total. The molecule has 126 valence electrons. The van der Waals surface area contributed by atoms with Gasteiger partial charge in [-0.3, -0.25) is 9.69 Å². The Kier molecular flexibility index (Phi) is 4.67. The highest BCUT2D eigenvalue weighted by Gasteiger charge is 2.38. The summed E-state index contributed by atoms with van der Waals surface area (Å²) in [5.41, 5.74) is 2.49. The van der Waals surface area contributed by atoms with Crippen LogP contribution in [0.3, 0.4) is 0 Å². The molecule has 1 amide bonds. The third-order valence-corrected chi connectivity index (χ3v) is 4.96. The maximum atomic E-state index is 13.2. The summed E-state index contributed by atoms with van der Waals surface area (Å²) in [5.74, 6) is -2.57. The molecule has 2 fully saturated rings. The molecule has 0 bridgehead atoms. The number of amides is 1. The van der Waals surface area contributed by atoms with Crippen molar-refractivity contribution in [3.63, 3.8) is 0 Å². The van der Waals surface area contributed by atoms with Gasteiger partial charge in [0.2, 0.25) is 5.91 Å². The van der Waals surface area contributed by atoms with Crippen LogP contribution in [-0.4, -0.2) is 47.8 Å². The number of likely N-dealkylation sites (tertiary alicyclic amines) is 2. The second kappa shape index (κ2) is 6.56. The molecule has 0 aliphatic carbocycles. The number of carbonyl (C=O) groups excluding carboxylic acids is 1. The van der Waals surface area contributed by atoms with Gasteiger partial charge in [-0.2, -0.15) is 0 Å². The summed E-state index contributed by atoms with van der Waals surface area (Å²) in [5, 5.41) is 0.